The third-order valence-electron chi connectivity index (χ3n) is 1.92. The van der Waals surface area contributed by atoms with Crippen LogP contribution >= 0.6 is 0 Å². The van der Waals surface area contributed by atoms with Gasteiger partial charge in [-0.2, -0.15) is 0 Å². The molecule has 5 heteroatoms. The van der Waals surface area contributed by atoms with Gasteiger partial charge in [0.15, 0.2) is 11.5 Å². The first-order valence-electron chi connectivity index (χ1n) is 3.81. The van der Waals surface area contributed by atoms with Crippen LogP contribution in [0.3, 0.4) is 0 Å². The number of carboxylic acids is 1. The Morgan fingerprint density at radius 3 is 2.43 bits per heavy atom. The highest BCUT2D eigenvalue weighted by Crippen LogP contribution is 2.39. The van der Waals surface area contributed by atoms with E-state index < -0.39 is 17.5 Å². The molecule has 0 saturated heterocycles. The molecule has 0 aromatic heterocycles. The van der Waals surface area contributed by atoms with Crippen LogP contribution in [0.5, 0.6) is 17.2 Å². The summed E-state index contributed by atoms with van der Waals surface area (Å²) in [5, 5.41) is 27.3. The maximum absolute atomic E-state index is 10.7. The maximum Gasteiger partial charge on any atom is 0.336 e. The van der Waals surface area contributed by atoms with E-state index in [0.717, 1.165) is 6.07 Å². The van der Waals surface area contributed by atoms with Gasteiger partial charge < -0.3 is 20.1 Å². The van der Waals surface area contributed by atoms with Gasteiger partial charge in [-0.05, 0) is 13.0 Å². The first-order valence-corrected chi connectivity index (χ1v) is 3.81. The van der Waals surface area contributed by atoms with Crippen LogP contribution in [-0.2, 0) is 0 Å². The summed E-state index contributed by atoms with van der Waals surface area (Å²) < 4.78 is 4.77. The van der Waals surface area contributed by atoms with Crippen LogP contribution in [0.15, 0.2) is 6.07 Å². The molecule has 1 rings (SSSR count). The first kappa shape index (κ1) is 10.2. The lowest BCUT2D eigenvalue weighted by molar-refractivity contribution is 0.0695. The van der Waals surface area contributed by atoms with E-state index in [4.69, 9.17) is 9.84 Å². The quantitative estimate of drug-likeness (QED) is 0.619. The number of rotatable bonds is 2. The summed E-state index contributed by atoms with van der Waals surface area (Å²) in [4.78, 5) is 10.7. The molecule has 0 fully saturated rings. The van der Waals surface area contributed by atoms with E-state index >= 15 is 0 Å². The molecule has 0 atom stereocenters. The lowest BCUT2D eigenvalue weighted by atomic mass is 10.1. The van der Waals surface area contributed by atoms with Gasteiger partial charge in [-0.3, -0.25) is 0 Å². The van der Waals surface area contributed by atoms with Gasteiger partial charge in [-0.1, -0.05) is 0 Å². The van der Waals surface area contributed by atoms with E-state index in [0.29, 0.717) is 0 Å². The number of carboxylic acid groups (broad SMARTS) is 1. The third-order valence-corrected chi connectivity index (χ3v) is 1.92. The minimum atomic E-state index is -1.18. The molecular weight excluding hydrogens is 188 g/mol. The summed E-state index contributed by atoms with van der Waals surface area (Å²) in [7, 11) is 1.28. The molecule has 0 unspecified atom stereocenters. The number of methoxy groups -OCH3 is 1. The second kappa shape index (κ2) is 3.45. The van der Waals surface area contributed by atoms with E-state index in [1.165, 1.54) is 14.0 Å². The van der Waals surface area contributed by atoms with Crippen molar-refractivity contribution in [3.63, 3.8) is 0 Å². The monoisotopic (exact) mass is 198 g/mol. The normalized spacial score (nSPS) is 9.86. The van der Waals surface area contributed by atoms with Gasteiger partial charge in [0, 0.05) is 5.56 Å². The lowest BCUT2D eigenvalue weighted by Gasteiger charge is -2.10. The van der Waals surface area contributed by atoms with Gasteiger partial charge in [0.25, 0.3) is 0 Å². The smallest absolute Gasteiger partial charge is 0.336 e. The Kier molecular flexibility index (Phi) is 2.51. The second-order valence-corrected chi connectivity index (χ2v) is 2.76. The number of aromatic carboxylic acids is 1. The minimum absolute atomic E-state index is 0.0256. The molecule has 1 aromatic carbocycles. The average molecular weight is 198 g/mol. The molecule has 1 aromatic rings. The highest BCUT2D eigenvalue weighted by Gasteiger charge is 2.18. The lowest BCUT2D eigenvalue weighted by Crippen LogP contribution is -2.01. The van der Waals surface area contributed by atoms with Crippen LogP contribution in [0.1, 0.15) is 15.9 Å². The van der Waals surface area contributed by atoms with Gasteiger partial charge in [-0.15, -0.1) is 0 Å². The summed E-state index contributed by atoms with van der Waals surface area (Å²) in [6, 6.07) is 0.982. The van der Waals surface area contributed by atoms with Gasteiger partial charge in [0.2, 0.25) is 5.75 Å². The zero-order valence-corrected chi connectivity index (χ0v) is 7.74. The summed E-state index contributed by atoms with van der Waals surface area (Å²) in [6.07, 6.45) is 0. The summed E-state index contributed by atoms with van der Waals surface area (Å²) in [5.74, 6) is -2.17. The molecule has 14 heavy (non-hydrogen) atoms. The fourth-order valence-electron chi connectivity index (χ4n) is 1.20. The SMILES string of the molecule is COc1c(C)c(C(=O)O)cc(O)c1O. The molecule has 0 aliphatic heterocycles. The van der Waals surface area contributed by atoms with E-state index in [-0.39, 0.29) is 16.9 Å². The molecule has 0 aliphatic rings. The van der Waals surface area contributed by atoms with Gasteiger partial charge in [-0.25, -0.2) is 4.79 Å². The first-order chi connectivity index (χ1) is 6.49. The molecule has 0 aliphatic carbocycles. The largest absolute Gasteiger partial charge is 0.504 e. The number of carbonyl (C=O) groups is 1. The van der Waals surface area contributed by atoms with E-state index in [2.05, 4.69) is 0 Å². The van der Waals surface area contributed by atoms with Crippen LogP contribution in [0.25, 0.3) is 0 Å². The van der Waals surface area contributed by atoms with E-state index in [9.17, 15) is 15.0 Å². The fraction of sp³-hybridized carbons (Fsp3) is 0.222. The molecule has 76 valence electrons. The fourth-order valence-corrected chi connectivity index (χ4v) is 1.20. The number of phenolic OH excluding ortho intramolecular Hbond substituents is 2. The van der Waals surface area contributed by atoms with Crippen LogP contribution < -0.4 is 4.74 Å². The molecular formula is C9H10O5. The maximum atomic E-state index is 10.7. The number of phenols is 2. The van der Waals surface area contributed by atoms with Crippen LogP contribution in [0, 0.1) is 6.92 Å². The van der Waals surface area contributed by atoms with Gasteiger partial charge >= 0.3 is 5.97 Å². The zero-order valence-electron chi connectivity index (χ0n) is 7.74. The van der Waals surface area contributed by atoms with Crippen molar-refractivity contribution in [1.29, 1.82) is 0 Å². The van der Waals surface area contributed by atoms with Crippen molar-refractivity contribution in [1.82, 2.24) is 0 Å². The van der Waals surface area contributed by atoms with Crippen molar-refractivity contribution in [2.24, 2.45) is 0 Å². The van der Waals surface area contributed by atoms with Crippen LogP contribution in [0.2, 0.25) is 0 Å². The van der Waals surface area contributed by atoms with Crippen molar-refractivity contribution in [3.8, 4) is 17.2 Å². The Morgan fingerprint density at radius 1 is 1.43 bits per heavy atom. The van der Waals surface area contributed by atoms with Crippen molar-refractivity contribution in [2.45, 2.75) is 6.92 Å². The molecule has 0 bridgehead atoms. The Balaban J connectivity index is 3.50. The average Bonchev–Trinajstić information content (AvgIpc) is 2.12. The van der Waals surface area contributed by atoms with Crippen LogP contribution in [-0.4, -0.2) is 28.4 Å². The number of ether oxygens (including phenoxy) is 1. The number of aromatic hydroxyl groups is 2. The van der Waals surface area contributed by atoms with Crippen molar-refractivity contribution in [3.05, 3.63) is 17.2 Å². The molecule has 3 N–H and O–H groups in total. The summed E-state index contributed by atoms with van der Waals surface area (Å²) >= 11 is 0. The number of hydrogen-bond donors (Lipinski definition) is 3. The Labute approximate surface area is 80.2 Å². The third kappa shape index (κ3) is 1.44. The number of hydrogen-bond acceptors (Lipinski definition) is 4. The summed E-state index contributed by atoms with van der Waals surface area (Å²) in [6.45, 7) is 1.49. The summed E-state index contributed by atoms with van der Waals surface area (Å²) in [5.41, 5.74) is 0.174. The topological polar surface area (TPSA) is 87.0 Å². The molecule has 0 heterocycles. The standard InChI is InChI=1S/C9H10O5/c1-4-5(9(12)13)3-6(10)7(11)8(4)14-2/h3,10-11H,1-2H3,(H,12,13). The predicted octanol–water partition coefficient (Wildman–Crippen LogP) is 1.11. The second-order valence-electron chi connectivity index (χ2n) is 2.76. The van der Waals surface area contributed by atoms with Crippen LogP contribution in [0.4, 0.5) is 0 Å². The Hall–Kier alpha value is -1.91. The highest BCUT2D eigenvalue weighted by atomic mass is 16.5. The van der Waals surface area contributed by atoms with E-state index in [1.54, 1.807) is 0 Å². The highest BCUT2D eigenvalue weighted by molar-refractivity contribution is 5.91. The van der Waals surface area contributed by atoms with Crippen molar-refractivity contribution in [2.75, 3.05) is 7.11 Å². The van der Waals surface area contributed by atoms with Gasteiger partial charge in [0.05, 0.1) is 12.7 Å². The Morgan fingerprint density at radius 2 is 2.00 bits per heavy atom. The molecule has 0 saturated carbocycles. The molecule has 0 radical (unpaired) electrons. The number of benzene rings is 1. The zero-order chi connectivity index (χ0) is 10.9. The predicted molar refractivity (Wildman–Crippen MR) is 48.0 cm³/mol. The van der Waals surface area contributed by atoms with Crippen molar-refractivity contribution >= 4 is 5.97 Å². The van der Waals surface area contributed by atoms with Gasteiger partial charge in [0.1, 0.15) is 0 Å². The van der Waals surface area contributed by atoms with Crippen molar-refractivity contribution < 1.29 is 24.9 Å². The Bertz CT molecular complexity index is 383. The molecule has 0 amide bonds. The molecule has 5 nitrogen and oxygen atoms in total. The molecule has 0 spiro atoms. The van der Waals surface area contributed by atoms with E-state index in [1.807, 2.05) is 0 Å². The minimum Gasteiger partial charge on any atom is -0.504 e.